The van der Waals surface area contributed by atoms with Crippen LogP contribution in [-0.4, -0.2) is 36.7 Å². The van der Waals surface area contributed by atoms with Crippen LogP contribution in [-0.2, 0) is 0 Å². The molecule has 3 heteroatoms. The lowest BCUT2D eigenvalue weighted by Gasteiger charge is -2.18. The predicted octanol–water partition coefficient (Wildman–Crippen LogP) is 1.72. The van der Waals surface area contributed by atoms with Crippen molar-refractivity contribution in [3.05, 3.63) is 0 Å². The van der Waals surface area contributed by atoms with Crippen LogP contribution in [0, 0.1) is 5.92 Å². The average molecular weight is 216 g/mol. The minimum absolute atomic E-state index is 0.598. The van der Waals surface area contributed by atoms with Gasteiger partial charge in [-0.25, -0.2) is 0 Å². The molecule has 0 saturated carbocycles. The van der Waals surface area contributed by atoms with Crippen LogP contribution in [0.5, 0.6) is 0 Å². The highest BCUT2D eigenvalue weighted by Gasteiger charge is 2.15. The van der Waals surface area contributed by atoms with Crippen LogP contribution in [0.3, 0.4) is 0 Å². The largest absolute Gasteiger partial charge is 0.313 e. The van der Waals surface area contributed by atoms with E-state index >= 15 is 0 Å². The summed E-state index contributed by atoms with van der Waals surface area (Å²) < 4.78 is 0. The van der Waals surface area contributed by atoms with Gasteiger partial charge in [0.1, 0.15) is 0 Å². The van der Waals surface area contributed by atoms with Gasteiger partial charge in [0.15, 0.2) is 0 Å². The molecule has 0 amide bonds. The molecule has 1 saturated heterocycles. The minimum atomic E-state index is 0.598. The van der Waals surface area contributed by atoms with E-state index in [4.69, 9.17) is 0 Å². The van der Waals surface area contributed by atoms with E-state index in [1.807, 2.05) is 0 Å². The van der Waals surface area contributed by atoms with Crippen LogP contribution in [0.15, 0.2) is 0 Å². The maximum Gasteiger partial charge on any atom is 0.0164 e. The van der Waals surface area contributed by atoms with Gasteiger partial charge in [0, 0.05) is 18.6 Å². The van der Waals surface area contributed by atoms with Gasteiger partial charge in [-0.15, -0.1) is 0 Å². The molecule has 2 atom stereocenters. The van der Waals surface area contributed by atoms with Gasteiger partial charge >= 0.3 is 0 Å². The summed E-state index contributed by atoms with van der Waals surface area (Å²) in [5.74, 6) is 3.64. The molecule has 84 valence electrons. The summed E-state index contributed by atoms with van der Waals surface area (Å²) in [7, 11) is 0. The zero-order valence-corrected chi connectivity index (χ0v) is 10.5. The molecule has 1 rings (SSSR count). The van der Waals surface area contributed by atoms with Crippen molar-refractivity contribution in [3.8, 4) is 0 Å². The Kier molecular flexibility index (Phi) is 5.90. The molecule has 0 spiro atoms. The fraction of sp³-hybridized carbons (Fsp3) is 1.00. The van der Waals surface area contributed by atoms with Crippen LogP contribution in [0.4, 0.5) is 0 Å². The van der Waals surface area contributed by atoms with Crippen molar-refractivity contribution < 1.29 is 0 Å². The quantitative estimate of drug-likeness (QED) is 0.707. The van der Waals surface area contributed by atoms with E-state index in [-0.39, 0.29) is 0 Å². The lowest BCUT2D eigenvalue weighted by atomic mass is 10.1. The van der Waals surface area contributed by atoms with Crippen molar-refractivity contribution in [2.45, 2.75) is 39.3 Å². The highest BCUT2D eigenvalue weighted by molar-refractivity contribution is 7.99. The molecule has 1 aliphatic rings. The SMILES string of the molecule is CC(C)NCC(C)NCC1CCSC1. The van der Waals surface area contributed by atoms with Crippen molar-refractivity contribution in [3.63, 3.8) is 0 Å². The maximum absolute atomic E-state index is 3.60. The van der Waals surface area contributed by atoms with E-state index in [0.29, 0.717) is 12.1 Å². The van der Waals surface area contributed by atoms with Crippen LogP contribution < -0.4 is 10.6 Å². The van der Waals surface area contributed by atoms with E-state index in [1.165, 1.54) is 24.5 Å². The Balaban J connectivity index is 1.99. The number of hydrogen-bond donors (Lipinski definition) is 2. The number of thioether (sulfide) groups is 1. The van der Waals surface area contributed by atoms with E-state index in [9.17, 15) is 0 Å². The molecule has 1 heterocycles. The van der Waals surface area contributed by atoms with Crippen LogP contribution in [0.2, 0.25) is 0 Å². The molecule has 0 aromatic carbocycles. The monoisotopic (exact) mass is 216 g/mol. The highest BCUT2D eigenvalue weighted by atomic mass is 32.2. The lowest BCUT2D eigenvalue weighted by Crippen LogP contribution is -2.40. The molecular weight excluding hydrogens is 192 g/mol. The van der Waals surface area contributed by atoms with Gasteiger partial charge in [0.25, 0.3) is 0 Å². The smallest absolute Gasteiger partial charge is 0.0164 e. The Morgan fingerprint density at radius 1 is 1.29 bits per heavy atom. The molecule has 0 aromatic heterocycles. The first-order valence-electron chi connectivity index (χ1n) is 5.73. The topological polar surface area (TPSA) is 24.1 Å². The predicted molar refractivity (Wildman–Crippen MR) is 66.0 cm³/mol. The van der Waals surface area contributed by atoms with Gasteiger partial charge in [0.2, 0.25) is 0 Å². The molecule has 2 nitrogen and oxygen atoms in total. The van der Waals surface area contributed by atoms with Gasteiger partial charge in [-0.3, -0.25) is 0 Å². The van der Waals surface area contributed by atoms with Crippen molar-refractivity contribution in [2.24, 2.45) is 5.92 Å². The molecule has 14 heavy (non-hydrogen) atoms. The Morgan fingerprint density at radius 2 is 2.07 bits per heavy atom. The van der Waals surface area contributed by atoms with Gasteiger partial charge in [-0.2, -0.15) is 11.8 Å². The van der Waals surface area contributed by atoms with Gasteiger partial charge in [-0.05, 0) is 37.3 Å². The molecule has 0 aromatic rings. The summed E-state index contributed by atoms with van der Waals surface area (Å²) in [6.45, 7) is 8.93. The fourth-order valence-electron chi connectivity index (χ4n) is 1.60. The first kappa shape index (κ1) is 12.3. The summed E-state index contributed by atoms with van der Waals surface area (Å²) in [5.41, 5.74) is 0. The zero-order chi connectivity index (χ0) is 10.4. The van der Waals surface area contributed by atoms with Gasteiger partial charge in [-0.1, -0.05) is 13.8 Å². The van der Waals surface area contributed by atoms with Crippen LogP contribution in [0.25, 0.3) is 0 Å². The first-order chi connectivity index (χ1) is 6.68. The van der Waals surface area contributed by atoms with Gasteiger partial charge in [0.05, 0.1) is 0 Å². The summed E-state index contributed by atoms with van der Waals surface area (Å²) in [5, 5.41) is 7.06. The normalized spacial score (nSPS) is 24.4. The summed E-state index contributed by atoms with van der Waals surface area (Å²) in [4.78, 5) is 0. The number of nitrogens with one attached hydrogen (secondary N) is 2. The molecule has 1 fully saturated rings. The third-order valence-electron chi connectivity index (χ3n) is 2.61. The Bertz CT molecular complexity index is 144. The van der Waals surface area contributed by atoms with Gasteiger partial charge < -0.3 is 10.6 Å². The lowest BCUT2D eigenvalue weighted by molar-refractivity contribution is 0.435. The zero-order valence-electron chi connectivity index (χ0n) is 9.68. The molecule has 1 aliphatic heterocycles. The van der Waals surface area contributed by atoms with Crippen LogP contribution in [0.1, 0.15) is 27.2 Å². The second kappa shape index (κ2) is 6.70. The first-order valence-corrected chi connectivity index (χ1v) is 6.88. The van der Waals surface area contributed by atoms with Crippen molar-refractivity contribution in [1.82, 2.24) is 10.6 Å². The van der Waals surface area contributed by atoms with E-state index in [2.05, 4.69) is 43.2 Å². The summed E-state index contributed by atoms with van der Waals surface area (Å²) >= 11 is 2.10. The molecule has 0 aliphatic carbocycles. The summed E-state index contributed by atoms with van der Waals surface area (Å²) in [6, 6.07) is 1.20. The second-order valence-corrected chi connectivity index (χ2v) is 5.75. The van der Waals surface area contributed by atoms with Crippen molar-refractivity contribution >= 4 is 11.8 Å². The number of hydrogen-bond acceptors (Lipinski definition) is 3. The summed E-state index contributed by atoms with van der Waals surface area (Å²) in [6.07, 6.45) is 1.40. The van der Waals surface area contributed by atoms with Crippen molar-refractivity contribution in [2.75, 3.05) is 24.6 Å². The molecule has 2 unspecified atom stereocenters. The second-order valence-electron chi connectivity index (χ2n) is 4.60. The standard InChI is InChI=1S/C11H24N2S/c1-9(2)12-6-10(3)13-7-11-4-5-14-8-11/h9-13H,4-8H2,1-3H3. The fourth-order valence-corrected chi connectivity index (χ4v) is 2.88. The van der Waals surface area contributed by atoms with Crippen LogP contribution >= 0.6 is 11.8 Å². The maximum atomic E-state index is 3.60. The highest BCUT2D eigenvalue weighted by Crippen LogP contribution is 2.22. The molecule has 0 radical (unpaired) electrons. The third kappa shape index (κ3) is 5.23. The average Bonchev–Trinajstić information content (AvgIpc) is 2.63. The Hall–Kier alpha value is 0.270. The van der Waals surface area contributed by atoms with Crippen molar-refractivity contribution in [1.29, 1.82) is 0 Å². The van der Waals surface area contributed by atoms with E-state index < -0.39 is 0 Å². The minimum Gasteiger partial charge on any atom is -0.313 e. The Labute approximate surface area is 92.6 Å². The third-order valence-corrected chi connectivity index (χ3v) is 3.84. The van der Waals surface area contributed by atoms with E-state index in [0.717, 1.165) is 12.5 Å². The molecule has 0 bridgehead atoms. The molecule has 2 N–H and O–H groups in total. The molecular formula is C11H24N2S. The van der Waals surface area contributed by atoms with E-state index in [1.54, 1.807) is 0 Å². The number of rotatable bonds is 6. The Morgan fingerprint density at radius 3 is 2.64 bits per heavy atom.